The lowest BCUT2D eigenvalue weighted by molar-refractivity contribution is -1.09. The molecular formula is C49H55NO8P+2. The van der Waals surface area contributed by atoms with Gasteiger partial charge in [-0.15, -0.1) is 5.06 Å². The molecule has 10 heteroatoms. The minimum absolute atomic E-state index is 0.316. The number of methoxy groups -OCH3 is 4. The first kappa shape index (κ1) is 43.3. The zero-order valence-corrected chi connectivity index (χ0v) is 36.0. The summed E-state index contributed by atoms with van der Waals surface area (Å²) in [5.74, 6) is 2.77. The number of quaternary nitrogens is 1. The second kappa shape index (κ2) is 18.8. The van der Waals surface area contributed by atoms with Crippen LogP contribution in [-0.2, 0) is 30.2 Å². The molecule has 0 fully saturated rings. The first-order chi connectivity index (χ1) is 28.4. The van der Waals surface area contributed by atoms with Crippen LogP contribution in [0.5, 0.6) is 23.0 Å². The quantitative estimate of drug-likeness (QED) is 0.0526. The molecule has 0 aromatic heterocycles. The second-order valence-electron chi connectivity index (χ2n) is 15.3. The largest absolute Gasteiger partial charge is 0.497 e. The minimum Gasteiger partial charge on any atom is -0.497 e. The highest BCUT2D eigenvalue weighted by Crippen LogP contribution is 2.59. The summed E-state index contributed by atoms with van der Waals surface area (Å²) in [5, 5.41) is 0.589. The molecular weight excluding hydrogens is 762 g/mol. The Hall–Kier alpha value is -5.25. The lowest BCUT2D eigenvalue weighted by Gasteiger charge is -2.38. The molecule has 0 heterocycles. The van der Waals surface area contributed by atoms with Gasteiger partial charge in [0.25, 0.3) is 0 Å². The summed E-state index contributed by atoms with van der Waals surface area (Å²) < 4.78 is 43.4. The SMILES string of the molecule is COc1ccc(C(OC[P+]([O])(COC(c2ccccc2)(c2ccc(OC)cc2)c2ccc(OC)cc2)O[NH+](C)C(C)(C)C)(c2ccccc2)c2ccc(OC)cc2)cc1. The van der Waals surface area contributed by atoms with Crippen molar-refractivity contribution in [3.63, 3.8) is 0 Å². The molecule has 0 saturated carbocycles. The van der Waals surface area contributed by atoms with Crippen LogP contribution in [-0.4, -0.2) is 53.7 Å². The molecule has 6 rings (SSSR count). The van der Waals surface area contributed by atoms with Gasteiger partial charge in [-0.2, -0.15) is 0 Å². The number of ether oxygens (including phenoxy) is 6. The summed E-state index contributed by atoms with van der Waals surface area (Å²) in [4.78, 5) is 16.0. The van der Waals surface area contributed by atoms with E-state index in [1.165, 1.54) is 0 Å². The van der Waals surface area contributed by atoms with E-state index in [-0.39, 0.29) is 12.7 Å². The van der Waals surface area contributed by atoms with Gasteiger partial charge in [-0.3, -0.25) is 0 Å². The summed E-state index contributed by atoms with van der Waals surface area (Å²) in [5.41, 5.74) is 1.91. The van der Waals surface area contributed by atoms with Gasteiger partial charge in [0, 0.05) is 4.89 Å². The fraction of sp³-hybridized carbons (Fsp3) is 0.265. The van der Waals surface area contributed by atoms with E-state index in [0.717, 1.165) is 33.4 Å². The zero-order valence-electron chi connectivity index (χ0n) is 35.1. The summed E-state index contributed by atoms with van der Waals surface area (Å²) in [6.45, 7) is 6.08. The molecule has 0 bridgehead atoms. The molecule has 1 radical (unpaired) electrons. The average molecular weight is 817 g/mol. The van der Waals surface area contributed by atoms with Gasteiger partial charge in [0.05, 0.1) is 28.4 Å². The summed E-state index contributed by atoms with van der Waals surface area (Å²) >= 11 is 0. The van der Waals surface area contributed by atoms with Crippen LogP contribution >= 0.6 is 7.72 Å². The van der Waals surface area contributed by atoms with Gasteiger partial charge in [-0.05, 0) is 107 Å². The Kier molecular flexibility index (Phi) is 13.8. The molecule has 307 valence electrons. The molecule has 1 atom stereocenters. The van der Waals surface area contributed by atoms with Crippen LogP contribution in [0.3, 0.4) is 0 Å². The van der Waals surface area contributed by atoms with E-state index in [2.05, 4.69) is 0 Å². The maximum Gasteiger partial charge on any atom is 0.437 e. The molecule has 0 amide bonds. The Balaban J connectivity index is 1.52. The van der Waals surface area contributed by atoms with Gasteiger partial charge < -0.3 is 28.4 Å². The van der Waals surface area contributed by atoms with Crippen molar-refractivity contribution in [3.05, 3.63) is 191 Å². The maximum atomic E-state index is 16.0. The van der Waals surface area contributed by atoms with E-state index >= 15 is 4.89 Å². The highest BCUT2D eigenvalue weighted by Gasteiger charge is 2.55. The van der Waals surface area contributed by atoms with Crippen molar-refractivity contribution in [2.45, 2.75) is 37.5 Å². The van der Waals surface area contributed by atoms with E-state index in [4.69, 9.17) is 33.0 Å². The topological polar surface area (TPSA) is 89.0 Å². The van der Waals surface area contributed by atoms with Crippen LogP contribution in [0.4, 0.5) is 0 Å². The molecule has 0 saturated heterocycles. The highest BCUT2D eigenvalue weighted by atomic mass is 31.2. The highest BCUT2D eigenvalue weighted by molar-refractivity contribution is 7.64. The Morgan fingerprint density at radius 2 is 0.678 bits per heavy atom. The van der Waals surface area contributed by atoms with E-state index in [1.807, 2.05) is 186 Å². The smallest absolute Gasteiger partial charge is 0.437 e. The third-order valence-corrected chi connectivity index (χ3v) is 12.3. The zero-order chi connectivity index (χ0) is 42.1. The Bertz CT molecular complexity index is 1950. The molecule has 59 heavy (non-hydrogen) atoms. The molecule has 0 aliphatic heterocycles. The van der Waals surface area contributed by atoms with Gasteiger partial charge >= 0.3 is 7.72 Å². The van der Waals surface area contributed by atoms with Crippen LogP contribution in [0.2, 0.25) is 0 Å². The lowest BCUT2D eigenvalue weighted by atomic mass is 9.80. The number of benzene rings is 6. The van der Waals surface area contributed by atoms with E-state index in [0.29, 0.717) is 28.1 Å². The first-order valence-corrected chi connectivity index (χ1v) is 21.5. The molecule has 1 unspecified atom stereocenters. The van der Waals surface area contributed by atoms with Gasteiger partial charge in [0.2, 0.25) is 12.7 Å². The Morgan fingerprint density at radius 3 is 0.915 bits per heavy atom. The van der Waals surface area contributed by atoms with Gasteiger partial charge in [0.15, 0.2) is 0 Å². The van der Waals surface area contributed by atoms with Crippen molar-refractivity contribution >= 4 is 7.72 Å². The van der Waals surface area contributed by atoms with Crippen molar-refractivity contribution in [2.75, 3.05) is 48.2 Å². The summed E-state index contributed by atoms with van der Waals surface area (Å²) in [6, 6.07) is 50.8. The standard InChI is InChI=1S/C49H54NO8P/c1-47(2,3)50(4)58-59(51,35-56-48(37-15-11-9-12-16-37,39-19-27-43(52-5)28-20-39)40-21-29-44(53-6)30-22-40)36-57-49(38-17-13-10-14-18-38,41-23-31-45(54-7)32-24-41)42-25-33-46(55-8)34-26-42/h9-34H,35-36H2,1-8H3/q+1/p+1. The lowest BCUT2D eigenvalue weighted by Crippen LogP contribution is -3.15. The molecule has 6 aromatic rings. The molecule has 0 spiro atoms. The summed E-state index contributed by atoms with van der Waals surface area (Å²) in [7, 11) is 4.47. The normalized spacial score (nSPS) is 12.8. The predicted molar refractivity (Wildman–Crippen MR) is 232 cm³/mol. The fourth-order valence-corrected chi connectivity index (χ4v) is 8.75. The van der Waals surface area contributed by atoms with Gasteiger partial charge in [0.1, 0.15) is 46.8 Å². The summed E-state index contributed by atoms with van der Waals surface area (Å²) in [6.07, 6.45) is -0.632. The van der Waals surface area contributed by atoms with Crippen molar-refractivity contribution in [1.82, 2.24) is 0 Å². The third kappa shape index (κ3) is 9.47. The van der Waals surface area contributed by atoms with Crippen LogP contribution in [0.25, 0.3) is 0 Å². The van der Waals surface area contributed by atoms with Gasteiger partial charge in [-0.25, -0.2) is 0 Å². The number of rotatable bonds is 18. The van der Waals surface area contributed by atoms with Gasteiger partial charge in [-0.1, -0.05) is 109 Å². The molecule has 1 N–H and O–H groups in total. The molecule has 6 aromatic carbocycles. The van der Waals surface area contributed by atoms with Crippen molar-refractivity contribution in [2.24, 2.45) is 0 Å². The van der Waals surface area contributed by atoms with Crippen molar-refractivity contribution < 1.29 is 43.0 Å². The Labute approximate surface area is 349 Å². The van der Waals surface area contributed by atoms with Crippen molar-refractivity contribution in [1.29, 1.82) is 0 Å². The van der Waals surface area contributed by atoms with Crippen molar-refractivity contribution in [3.8, 4) is 23.0 Å². The molecule has 0 aliphatic carbocycles. The predicted octanol–water partition coefficient (Wildman–Crippen LogP) is 9.48. The van der Waals surface area contributed by atoms with E-state index < -0.39 is 24.5 Å². The number of hydroxylamine groups is 2. The van der Waals surface area contributed by atoms with E-state index in [9.17, 15) is 0 Å². The monoisotopic (exact) mass is 816 g/mol. The van der Waals surface area contributed by atoms with E-state index in [1.54, 1.807) is 28.4 Å². The fourth-order valence-electron chi connectivity index (χ4n) is 7.02. The van der Waals surface area contributed by atoms with Crippen LogP contribution < -0.4 is 24.0 Å². The number of hydrogen-bond donors (Lipinski definition) is 1. The van der Waals surface area contributed by atoms with Crippen LogP contribution in [0, 0.1) is 0 Å². The minimum atomic E-state index is -3.93. The van der Waals surface area contributed by atoms with Crippen LogP contribution in [0.15, 0.2) is 158 Å². The Morgan fingerprint density at radius 1 is 0.424 bits per heavy atom. The maximum absolute atomic E-state index is 16.0. The average Bonchev–Trinajstić information content (AvgIpc) is 3.28. The number of hydrogen-bond acceptors (Lipinski definition) is 7. The van der Waals surface area contributed by atoms with Crippen LogP contribution in [0.1, 0.15) is 54.2 Å². The first-order valence-electron chi connectivity index (χ1n) is 19.5. The molecule has 0 aliphatic rings. The second-order valence-corrected chi connectivity index (χ2v) is 17.6. The molecule has 9 nitrogen and oxygen atoms in total. The number of nitrogens with one attached hydrogen (secondary N) is 1. The third-order valence-electron chi connectivity index (χ3n) is 10.7.